The second-order valence-corrected chi connectivity index (χ2v) is 7.23. The first-order valence-electron chi connectivity index (χ1n) is 7.41. The summed E-state index contributed by atoms with van der Waals surface area (Å²) in [4.78, 5) is 24.7. The van der Waals surface area contributed by atoms with Crippen LogP contribution >= 0.6 is 34.5 Å². The van der Waals surface area contributed by atoms with Gasteiger partial charge in [-0.1, -0.05) is 35.3 Å². The lowest BCUT2D eigenvalue weighted by Gasteiger charge is -2.19. The van der Waals surface area contributed by atoms with Crippen LogP contribution in [-0.4, -0.2) is 11.8 Å². The SMILES string of the molecule is CC(=O)N[C@H](CC(=O)N[C@@H](C)c1ccc(Cl)c(Cl)c1)c1cccs1. The van der Waals surface area contributed by atoms with Gasteiger partial charge in [0.2, 0.25) is 11.8 Å². The summed E-state index contributed by atoms with van der Waals surface area (Å²) in [5.74, 6) is -0.320. The molecule has 128 valence electrons. The van der Waals surface area contributed by atoms with Crippen LogP contribution in [-0.2, 0) is 9.59 Å². The number of halogens is 2. The predicted molar refractivity (Wildman–Crippen MR) is 98.5 cm³/mol. The summed E-state index contributed by atoms with van der Waals surface area (Å²) in [6.07, 6.45) is 0.172. The number of carbonyl (C=O) groups excluding carboxylic acids is 2. The van der Waals surface area contributed by atoms with E-state index in [-0.39, 0.29) is 30.3 Å². The van der Waals surface area contributed by atoms with Gasteiger partial charge in [0.1, 0.15) is 0 Å². The lowest BCUT2D eigenvalue weighted by atomic mass is 10.1. The lowest BCUT2D eigenvalue weighted by molar-refractivity contribution is -0.123. The minimum Gasteiger partial charge on any atom is -0.350 e. The second kappa shape index (κ2) is 8.51. The van der Waals surface area contributed by atoms with Gasteiger partial charge in [-0.05, 0) is 36.1 Å². The van der Waals surface area contributed by atoms with Gasteiger partial charge in [0.15, 0.2) is 0 Å². The van der Waals surface area contributed by atoms with E-state index in [2.05, 4.69) is 10.6 Å². The maximum Gasteiger partial charge on any atom is 0.222 e. The van der Waals surface area contributed by atoms with Crippen LogP contribution in [0.3, 0.4) is 0 Å². The molecule has 4 nitrogen and oxygen atoms in total. The highest BCUT2D eigenvalue weighted by Gasteiger charge is 2.19. The van der Waals surface area contributed by atoms with Gasteiger partial charge in [0.25, 0.3) is 0 Å². The standard InChI is InChI=1S/C17H18Cl2N2O2S/c1-10(12-5-6-13(18)14(19)8-12)20-17(23)9-15(21-11(2)22)16-4-3-7-24-16/h3-8,10,15H,9H2,1-2H3,(H,20,23)(H,21,22)/t10-,15+/m0/s1. The van der Waals surface area contributed by atoms with Crippen LogP contribution in [0.4, 0.5) is 0 Å². The maximum atomic E-state index is 12.3. The predicted octanol–water partition coefficient (Wildman–Crippen LogP) is 4.50. The molecule has 0 saturated carbocycles. The van der Waals surface area contributed by atoms with Crippen molar-refractivity contribution in [2.24, 2.45) is 0 Å². The second-order valence-electron chi connectivity index (χ2n) is 5.44. The average molecular weight is 385 g/mol. The fraction of sp³-hybridized carbons (Fsp3) is 0.294. The molecule has 0 bridgehead atoms. The number of thiophene rings is 1. The molecule has 0 unspecified atom stereocenters. The van der Waals surface area contributed by atoms with E-state index in [4.69, 9.17) is 23.2 Å². The van der Waals surface area contributed by atoms with E-state index in [9.17, 15) is 9.59 Å². The Morgan fingerprint density at radius 2 is 1.92 bits per heavy atom. The first kappa shape index (κ1) is 18.8. The van der Waals surface area contributed by atoms with Crippen LogP contribution in [0.2, 0.25) is 10.0 Å². The molecule has 2 atom stereocenters. The van der Waals surface area contributed by atoms with Crippen molar-refractivity contribution >= 4 is 46.4 Å². The van der Waals surface area contributed by atoms with Gasteiger partial charge >= 0.3 is 0 Å². The summed E-state index contributed by atoms with van der Waals surface area (Å²) < 4.78 is 0. The number of benzene rings is 1. The molecule has 7 heteroatoms. The Labute approximate surface area is 155 Å². The molecule has 1 heterocycles. The van der Waals surface area contributed by atoms with Gasteiger partial charge in [-0.25, -0.2) is 0 Å². The van der Waals surface area contributed by atoms with Crippen molar-refractivity contribution in [1.29, 1.82) is 0 Å². The molecule has 0 aliphatic carbocycles. The summed E-state index contributed by atoms with van der Waals surface area (Å²) in [7, 11) is 0. The Kier molecular flexibility index (Phi) is 6.66. The Balaban J connectivity index is 2.02. The van der Waals surface area contributed by atoms with Gasteiger partial charge < -0.3 is 10.6 Å². The average Bonchev–Trinajstić information content (AvgIpc) is 3.03. The topological polar surface area (TPSA) is 58.2 Å². The highest BCUT2D eigenvalue weighted by Crippen LogP contribution is 2.26. The quantitative estimate of drug-likeness (QED) is 0.769. The molecule has 0 spiro atoms. The van der Waals surface area contributed by atoms with E-state index in [1.807, 2.05) is 30.5 Å². The van der Waals surface area contributed by atoms with E-state index in [1.54, 1.807) is 12.1 Å². The Hall–Kier alpha value is -1.56. The minimum atomic E-state index is -0.330. The number of hydrogen-bond donors (Lipinski definition) is 2. The van der Waals surface area contributed by atoms with E-state index < -0.39 is 0 Å². The molecular weight excluding hydrogens is 367 g/mol. The zero-order valence-electron chi connectivity index (χ0n) is 13.3. The Morgan fingerprint density at radius 1 is 1.17 bits per heavy atom. The van der Waals surface area contributed by atoms with Crippen LogP contribution in [0.15, 0.2) is 35.7 Å². The van der Waals surface area contributed by atoms with Gasteiger partial charge in [-0.2, -0.15) is 0 Å². The molecule has 2 N–H and O–H groups in total. The van der Waals surface area contributed by atoms with Crippen molar-refractivity contribution in [3.63, 3.8) is 0 Å². The molecule has 0 saturated heterocycles. The first-order chi connectivity index (χ1) is 11.4. The molecule has 0 fully saturated rings. The van der Waals surface area contributed by atoms with Crippen LogP contribution < -0.4 is 10.6 Å². The van der Waals surface area contributed by atoms with Crippen molar-refractivity contribution in [2.75, 3.05) is 0 Å². The highest BCUT2D eigenvalue weighted by molar-refractivity contribution is 7.10. The minimum absolute atomic E-state index is 0.152. The molecule has 0 aliphatic rings. The Morgan fingerprint density at radius 3 is 2.50 bits per heavy atom. The smallest absolute Gasteiger partial charge is 0.222 e. The number of carbonyl (C=O) groups is 2. The summed E-state index contributed by atoms with van der Waals surface area (Å²) in [5, 5.41) is 8.58. The number of rotatable bonds is 6. The van der Waals surface area contributed by atoms with Crippen molar-refractivity contribution < 1.29 is 9.59 Å². The zero-order valence-corrected chi connectivity index (χ0v) is 15.6. The van der Waals surface area contributed by atoms with E-state index in [0.29, 0.717) is 10.0 Å². The van der Waals surface area contributed by atoms with Crippen molar-refractivity contribution in [1.82, 2.24) is 10.6 Å². The molecule has 0 radical (unpaired) electrons. The molecule has 1 aromatic heterocycles. The normalized spacial score (nSPS) is 13.2. The lowest BCUT2D eigenvalue weighted by Crippen LogP contribution is -2.33. The molecule has 1 aromatic carbocycles. The summed E-state index contributed by atoms with van der Waals surface area (Å²) in [6, 6.07) is 8.51. The van der Waals surface area contributed by atoms with Gasteiger partial charge in [-0.3, -0.25) is 9.59 Å². The summed E-state index contributed by atoms with van der Waals surface area (Å²) in [5.41, 5.74) is 0.866. The van der Waals surface area contributed by atoms with Gasteiger partial charge in [-0.15, -0.1) is 11.3 Å². The first-order valence-corrected chi connectivity index (χ1v) is 9.05. The number of nitrogens with one attached hydrogen (secondary N) is 2. The molecular formula is C17H18Cl2N2O2S. The third-order valence-corrected chi connectivity index (χ3v) is 5.20. The molecule has 2 rings (SSSR count). The van der Waals surface area contributed by atoms with Gasteiger partial charge in [0, 0.05) is 11.8 Å². The van der Waals surface area contributed by atoms with Crippen molar-refractivity contribution in [3.05, 3.63) is 56.2 Å². The monoisotopic (exact) mass is 384 g/mol. The number of hydrogen-bond acceptors (Lipinski definition) is 3. The maximum absolute atomic E-state index is 12.3. The Bertz CT molecular complexity index is 719. The third-order valence-electron chi connectivity index (χ3n) is 3.47. The molecule has 0 aliphatic heterocycles. The molecule has 2 amide bonds. The largest absolute Gasteiger partial charge is 0.350 e. The third kappa shape index (κ3) is 5.23. The van der Waals surface area contributed by atoms with E-state index in [0.717, 1.165) is 10.4 Å². The summed E-state index contributed by atoms with van der Waals surface area (Å²) >= 11 is 13.4. The van der Waals surface area contributed by atoms with Crippen LogP contribution in [0.5, 0.6) is 0 Å². The zero-order chi connectivity index (χ0) is 17.7. The molecule has 2 aromatic rings. The summed E-state index contributed by atoms with van der Waals surface area (Å²) in [6.45, 7) is 3.31. The van der Waals surface area contributed by atoms with Crippen LogP contribution in [0, 0.1) is 0 Å². The fourth-order valence-electron chi connectivity index (χ4n) is 2.31. The number of amides is 2. The fourth-order valence-corrected chi connectivity index (χ4v) is 3.39. The van der Waals surface area contributed by atoms with Crippen molar-refractivity contribution in [3.8, 4) is 0 Å². The highest BCUT2D eigenvalue weighted by atomic mass is 35.5. The van der Waals surface area contributed by atoms with Gasteiger partial charge in [0.05, 0.1) is 28.5 Å². The van der Waals surface area contributed by atoms with E-state index in [1.165, 1.54) is 18.3 Å². The van der Waals surface area contributed by atoms with Crippen molar-refractivity contribution in [2.45, 2.75) is 32.4 Å². The van der Waals surface area contributed by atoms with Crippen LogP contribution in [0.25, 0.3) is 0 Å². The van der Waals surface area contributed by atoms with Crippen LogP contribution in [0.1, 0.15) is 42.8 Å². The van der Waals surface area contributed by atoms with E-state index >= 15 is 0 Å². The molecule has 24 heavy (non-hydrogen) atoms.